The zero-order chi connectivity index (χ0) is 13.4. The van der Waals surface area contributed by atoms with Gasteiger partial charge in [-0.05, 0) is 18.3 Å². The van der Waals surface area contributed by atoms with E-state index in [0.29, 0.717) is 0 Å². The lowest BCUT2D eigenvalue weighted by Gasteiger charge is -2.27. The van der Waals surface area contributed by atoms with Gasteiger partial charge in [-0.3, -0.25) is 4.79 Å². The van der Waals surface area contributed by atoms with Crippen molar-refractivity contribution in [3.05, 3.63) is 28.7 Å². The number of sulfonamides is 1. The predicted molar refractivity (Wildman–Crippen MR) is 68.8 cm³/mol. The number of nitrogens with one attached hydrogen (secondary N) is 2. The average molecular weight is 270 g/mol. The van der Waals surface area contributed by atoms with E-state index in [2.05, 4.69) is 9.71 Å². The van der Waals surface area contributed by atoms with Crippen LogP contribution in [0.2, 0.25) is 0 Å². The molecule has 0 aromatic carbocycles. The van der Waals surface area contributed by atoms with Gasteiger partial charge in [0.2, 0.25) is 15.5 Å². The van der Waals surface area contributed by atoms with Crippen LogP contribution in [-0.2, 0) is 10.0 Å². The summed E-state index contributed by atoms with van der Waals surface area (Å²) >= 11 is 0. The van der Waals surface area contributed by atoms with Gasteiger partial charge < -0.3 is 4.98 Å². The summed E-state index contributed by atoms with van der Waals surface area (Å²) in [5.74, 6) is 0. The van der Waals surface area contributed by atoms with Crippen molar-refractivity contribution in [3.63, 3.8) is 0 Å². The zero-order valence-electron chi connectivity index (χ0n) is 10.6. The number of rotatable bonds is 3. The summed E-state index contributed by atoms with van der Waals surface area (Å²) in [6.45, 7) is 4.09. The lowest BCUT2D eigenvalue weighted by Crippen LogP contribution is -2.42. The Kier molecular flexibility index (Phi) is 3.33. The quantitative estimate of drug-likeness (QED) is 0.867. The van der Waals surface area contributed by atoms with Crippen LogP contribution in [0.3, 0.4) is 0 Å². The van der Waals surface area contributed by atoms with Crippen molar-refractivity contribution in [2.75, 3.05) is 0 Å². The first kappa shape index (κ1) is 13.3. The van der Waals surface area contributed by atoms with Gasteiger partial charge in [0, 0.05) is 24.5 Å². The summed E-state index contributed by atoms with van der Waals surface area (Å²) < 4.78 is 27.0. The SMILES string of the molecule is CC1(C)CCCC1NS(=O)(=O)c1c[nH]ccc1=O. The molecule has 1 heterocycles. The van der Waals surface area contributed by atoms with Gasteiger partial charge in [-0.15, -0.1) is 0 Å². The number of hydrogen-bond acceptors (Lipinski definition) is 3. The molecule has 1 aromatic heterocycles. The second kappa shape index (κ2) is 4.51. The molecule has 1 saturated carbocycles. The summed E-state index contributed by atoms with van der Waals surface area (Å²) in [6.07, 6.45) is 5.46. The van der Waals surface area contributed by atoms with Crippen molar-refractivity contribution in [1.82, 2.24) is 9.71 Å². The van der Waals surface area contributed by atoms with Crippen LogP contribution >= 0.6 is 0 Å². The fourth-order valence-electron chi connectivity index (χ4n) is 2.41. The first-order valence-electron chi connectivity index (χ1n) is 6.02. The van der Waals surface area contributed by atoms with E-state index in [4.69, 9.17) is 0 Å². The average Bonchev–Trinajstić information content (AvgIpc) is 2.58. The molecule has 5 nitrogen and oxygen atoms in total. The smallest absolute Gasteiger partial charge is 0.246 e. The minimum atomic E-state index is -3.74. The van der Waals surface area contributed by atoms with Crippen LogP contribution in [0.1, 0.15) is 33.1 Å². The minimum Gasteiger partial charge on any atom is -0.366 e. The van der Waals surface area contributed by atoms with Crippen LogP contribution in [0, 0.1) is 5.41 Å². The maximum absolute atomic E-state index is 12.2. The first-order chi connectivity index (χ1) is 8.33. The molecule has 0 bridgehead atoms. The molecule has 0 spiro atoms. The molecule has 1 aliphatic rings. The van der Waals surface area contributed by atoms with E-state index >= 15 is 0 Å². The number of aromatic nitrogens is 1. The van der Waals surface area contributed by atoms with E-state index in [9.17, 15) is 13.2 Å². The molecule has 6 heteroatoms. The van der Waals surface area contributed by atoms with Gasteiger partial charge in [-0.2, -0.15) is 0 Å². The highest BCUT2D eigenvalue weighted by atomic mass is 32.2. The Morgan fingerprint density at radius 2 is 2.17 bits per heavy atom. The van der Waals surface area contributed by atoms with Crippen LogP contribution in [-0.4, -0.2) is 19.4 Å². The predicted octanol–water partition coefficient (Wildman–Crippen LogP) is 1.23. The van der Waals surface area contributed by atoms with E-state index in [1.165, 1.54) is 18.5 Å². The van der Waals surface area contributed by atoms with E-state index in [1.807, 2.05) is 13.8 Å². The second-order valence-electron chi connectivity index (χ2n) is 5.43. The molecule has 1 aromatic rings. The van der Waals surface area contributed by atoms with Crippen molar-refractivity contribution in [1.29, 1.82) is 0 Å². The molecule has 2 rings (SSSR count). The molecule has 0 saturated heterocycles. The Bertz CT molecular complexity index is 589. The summed E-state index contributed by atoms with van der Waals surface area (Å²) in [4.78, 5) is 14.0. The topological polar surface area (TPSA) is 79.0 Å². The Morgan fingerprint density at radius 1 is 1.44 bits per heavy atom. The fraction of sp³-hybridized carbons (Fsp3) is 0.583. The van der Waals surface area contributed by atoms with Crippen molar-refractivity contribution in [3.8, 4) is 0 Å². The molecule has 1 fully saturated rings. The van der Waals surface area contributed by atoms with Gasteiger partial charge in [-0.1, -0.05) is 20.3 Å². The summed E-state index contributed by atoms with van der Waals surface area (Å²) in [5, 5.41) is 0. The number of H-pyrrole nitrogens is 1. The molecule has 0 aliphatic heterocycles. The van der Waals surface area contributed by atoms with E-state index in [-0.39, 0.29) is 16.4 Å². The Morgan fingerprint density at radius 3 is 2.72 bits per heavy atom. The maximum Gasteiger partial charge on any atom is 0.246 e. The Hall–Kier alpha value is -1.14. The Balaban J connectivity index is 2.29. The van der Waals surface area contributed by atoms with Crippen LogP contribution in [0.4, 0.5) is 0 Å². The molecule has 1 atom stereocenters. The molecule has 1 unspecified atom stereocenters. The normalized spacial score (nSPS) is 23.1. The monoisotopic (exact) mass is 270 g/mol. The molecule has 1 aliphatic carbocycles. The van der Waals surface area contributed by atoms with Crippen molar-refractivity contribution < 1.29 is 8.42 Å². The summed E-state index contributed by atoms with van der Waals surface area (Å²) in [5.41, 5.74) is -0.550. The third-order valence-electron chi connectivity index (χ3n) is 3.63. The fourth-order valence-corrected chi connectivity index (χ4v) is 3.90. The van der Waals surface area contributed by atoms with Crippen LogP contribution < -0.4 is 10.2 Å². The van der Waals surface area contributed by atoms with Gasteiger partial charge in [0.05, 0.1) is 0 Å². The standard InChI is InChI=1S/C12H18N2O3S/c1-12(2)6-3-4-11(12)14-18(16,17)10-8-13-7-5-9(10)15/h5,7-8,11,14H,3-4,6H2,1-2H3,(H,13,15). The molecular weight excluding hydrogens is 252 g/mol. The van der Waals surface area contributed by atoms with Gasteiger partial charge in [0.25, 0.3) is 0 Å². The highest BCUT2D eigenvalue weighted by Gasteiger charge is 2.37. The molecule has 2 N–H and O–H groups in total. The van der Waals surface area contributed by atoms with Crippen LogP contribution in [0.25, 0.3) is 0 Å². The van der Waals surface area contributed by atoms with Crippen LogP contribution in [0.15, 0.2) is 28.2 Å². The van der Waals surface area contributed by atoms with Crippen molar-refractivity contribution >= 4 is 10.0 Å². The third kappa shape index (κ3) is 2.49. The van der Waals surface area contributed by atoms with Gasteiger partial charge in [0.1, 0.15) is 4.90 Å². The molecule has 0 amide bonds. The summed E-state index contributed by atoms with van der Waals surface area (Å²) in [6, 6.07) is 1.11. The number of hydrogen-bond donors (Lipinski definition) is 2. The number of pyridine rings is 1. The van der Waals surface area contributed by atoms with E-state index in [1.54, 1.807) is 0 Å². The highest BCUT2D eigenvalue weighted by molar-refractivity contribution is 7.89. The lowest BCUT2D eigenvalue weighted by molar-refractivity contribution is 0.313. The van der Waals surface area contributed by atoms with Gasteiger partial charge >= 0.3 is 0 Å². The van der Waals surface area contributed by atoms with Gasteiger partial charge in [0.15, 0.2) is 0 Å². The van der Waals surface area contributed by atoms with E-state index in [0.717, 1.165) is 19.3 Å². The minimum absolute atomic E-state index is 0.0609. The maximum atomic E-state index is 12.2. The molecule has 100 valence electrons. The van der Waals surface area contributed by atoms with E-state index < -0.39 is 15.5 Å². The van der Waals surface area contributed by atoms with Crippen molar-refractivity contribution in [2.24, 2.45) is 5.41 Å². The third-order valence-corrected chi connectivity index (χ3v) is 5.13. The van der Waals surface area contributed by atoms with Gasteiger partial charge in [-0.25, -0.2) is 13.1 Å². The van der Waals surface area contributed by atoms with Crippen LogP contribution in [0.5, 0.6) is 0 Å². The molecular formula is C12H18N2O3S. The highest BCUT2D eigenvalue weighted by Crippen LogP contribution is 2.37. The molecule has 0 radical (unpaired) electrons. The summed E-state index contributed by atoms with van der Waals surface area (Å²) in [7, 11) is -3.74. The lowest BCUT2D eigenvalue weighted by atomic mass is 9.88. The second-order valence-corrected chi connectivity index (χ2v) is 7.11. The van der Waals surface area contributed by atoms with Crippen molar-refractivity contribution in [2.45, 2.75) is 44.0 Å². The molecule has 18 heavy (non-hydrogen) atoms. The number of aromatic amines is 1. The zero-order valence-corrected chi connectivity index (χ0v) is 11.4. The first-order valence-corrected chi connectivity index (χ1v) is 7.51. The Labute approximate surface area is 107 Å². The largest absolute Gasteiger partial charge is 0.366 e.